The molecule has 4 bridgehead atoms. The van der Waals surface area contributed by atoms with Crippen molar-refractivity contribution in [3.8, 4) is 0 Å². The Morgan fingerprint density at radius 2 is 1.18 bits per heavy atom. The fraction of sp³-hybridized carbons (Fsp3) is 0.879. The average molecular weight is 1330 g/mol. The van der Waals surface area contributed by atoms with E-state index >= 15 is 0 Å². The second-order valence-corrected chi connectivity index (χ2v) is 28.4. The second kappa shape index (κ2) is 27.1. The van der Waals surface area contributed by atoms with Gasteiger partial charge in [-0.3, -0.25) is 4.79 Å². The van der Waals surface area contributed by atoms with Crippen molar-refractivity contribution in [1.29, 1.82) is 0 Å². The standard InChI is InChI=1S/C66H100O27/c1-31-53(88-47-26-41(76-10)54(32(2)81-47)89-48-27-42(77-11)55(33(3)82-48)90-60-52(72)57(78-12)56(34(4)83-60)91-59-51(71)50(70)49(69)43(29-67)87-59)40(75-9)25-46(80-31)86-39-19-20-61(7)38(24-39)18-21-64(74)44(61)28-45(85-36(6)68)63-30-79-62(8)92-65(63,22-23-66(63,64)93-62)35(5)84-58(73)37-16-14-13-15-17-37/h13-17,31-35,38-57,59-60,67,69-72,74H,18-30H2,1-12H3/t31-,32-,33-,34-,35+,38+,39+,40+,41+,42-,43-,44-,45-,46+,47+,48+,49-,50+,51-,52-,53-,54-,55-,56-,57-,59+,60+,61+,62?,63-,64+,65-,66-/m1/s1. The third-order valence-electron chi connectivity index (χ3n) is 23.5. The number of fused-ring (bicyclic) bond motifs is 4. The summed E-state index contributed by atoms with van der Waals surface area (Å²) in [7, 11) is 6.17. The number of aliphatic hydroxyl groups excluding tert-OH is 5. The first-order valence-electron chi connectivity index (χ1n) is 33.4. The SMILES string of the molecule is CO[C@@H]1[C@@H](O)[C@H](O[C@@H]2[C@@H](C)O[C@@H](O[C@H]3[C@@H](OC)C[C@H](O[C@H]4[C@@H](OC)C[C@H](O[C@H]5CC[C@@]6(C)[C@@H](CC[C@]7(O)[C@@H]6C[C@@H](OC(C)=O)[C@@]68COC9(C)O[C@]67CC[C@]8([C@H](C)OC(=O)c6ccccc6)O9)C5)O[C@@H]4C)O[C@@H]3C)C[C@H]2OC)O[C@H](C)[C@H]1O[C@@H]1O[C@H](CO)[C@@H](O)[C@H](O)[C@H]1O. The van der Waals surface area contributed by atoms with E-state index in [1.807, 2.05) is 26.8 Å². The van der Waals surface area contributed by atoms with Crippen molar-refractivity contribution in [2.24, 2.45) is 22.7 Å². The number of hydrogen-bond acceptors (Lipinski definition) is 27. The van der Waals surface area contributed by atoms with Gasteiger partial charge in [0.25, 0.3) is 5.97 Å². The maximum Gasteiger partial charge on any atom is 0.338 e. The molecule has 0 aromatic heterocycles. The molecule has 8 saturated heterocycles. The van der Waals surface area contributed by atoms with Gasteiger partial charge in [0.2, 0.25) is 0 Å². The smallest absolute Gasteiger partial charge is 0.338 e. The number of methoxy groups -OCH3 is 4. The third-order valence-corrected chi connectivity index (χ3v) is 23.5. The summed E-state index contributed by atoms with van der Waals surface area (Å²) in [5.41, 5.74) is -5.10. The Labute approximate surface area is 543 Å². The van der Waals surface area contributed by atoms with E-state index in [1.165, 1.54) is 14.0 Å². The van der Waals surface area contributed by atoms with E-state index in [4.69, 9.17) is 90.0 Å². The summed E-state index contributed by atoms with van der Waals surface area (Å²) < 4.78 is 121. The summed E-state index contributed by atoms with van der Waals surface area (Å²) >= 11 is 0. The summed E-state index contributed by atoms with van der Waals surface area (Å²) in [6.07, 6.45) is -17.0. The molecule has 0 amide bonds. The Balaban J connectivity index is 0.645. The quantitative estimate of drug-likeness (QED) is 0.0857. The van der Waals surface area contributed by atoms with Crippen molar-refractivity contribution in [3.63, 3.8) is 0 Å². The predicted octanol–water partition coefficient (Wildman–Crippen LogP) is 2.82. The first kappa shape index (κ1) is 70.1. The number of esters is 2. The Morgan fingerprint density at radius 1 is 0.613 bits per heavy atom. The van der Waals surface area contributed by atoms with Crippen LogP contribution in [0.4, 0.5) is 0 Å². The van der Waals surface area contributed by atoms with E-state index in [-0.39, 0.29) is 31.0 Å². The van der Waals surface area contributed by atoms with Gasteiger partial charge in [-0.1, -0.05) is 25.1 Å². The molecule has 4 aliphatic carbocycles. The van der Waals surface area contributed by atoms with Gasteiger partial charge in [-0.05, 0) is 115 Å². The number of aliphatic hydroxyl groups is 6. The van der Waals surface area contributed by atoms with Crippen LogP contribution in [0.25, 0.3) is 0 Å². The molecule has 27 nitrogen and oxygen atoms in total. The first-order valence-corrected chi connectivity index (χ1v) is 33.4. The lowest BCUT2D eigenvalue weighted by Gasteiger charge is -2.76. The van der Waals surface area contributed by atoms with E-state index in [9.17, 15) is 40.2 Å². The lowest BCUT2D eigenvalue weighted by atomic mass is 9.39. The van der Waals surface area contributed by atoms with Gasteiger partial charge in [-0.25, -0.2) is 4.79 Å². The molecular weight excluding hydrogens is 1220 g/mol. The maximum absolute atomic E-state index is 13.8. The molecule has 0 radical (unpaired) electrons. The van der Waals surface area contributed by atoms with E-state index in [2.05, 4.69) is 6.92 Å². The molecule has 4 saturated carbocycles. The molecular formula is C66H100O27. The van der Waals surface area contributed by atoms with Gasteiger partial charge in [0, 0.05) is 61.5 Å². The van der Waals surface area contributed by atoms with Crippen molar-refractivity contribution in [1.82, 2.24) is 0 Å². The molecule has 1 unspecified atom stereocenters. The molecule has 526 valence electrons. The molecule has 8 heterocycles. The van der Waals surface area contributed by atoms with E-state index in [0.29, 0.717) is 56.9 Å². The van der Waals surface area contributed by atoms with Crippen LogP contribution < -0.4 is 0 Å². The molecule has 8 aliphatic heterocycles. The maximum atomic E-state index is 13.8. The topological polar surface area (TPSA) is 331 Å². The van der Waals surface area contributed by atoms with Gasteiger partial charge < -0.3 is 121 Å². The predicted molar refractivity (Wildman–Crippen MR) is 317 cm³/mol. The monoisotopic (exact) mass is 1320 g/mol. The zero-order valence-electron chi connectivity index (χ0n) is 55.4. The highest BCUT2D eigenvalue weighted by Gasteiger charge is 2.91. The number of carbonyl (C=O) groups excluding carboxylic acids is 2. The van der Waals surface area contributed by atoms with Crippen LogP contribution in [0.2, 0.25) is 0 Å². The number of rotatable bonds is 19. The number of benzene rings is 1. The van der Waals surface area contributed by atoms with E-state index in [0.717, 1.165) is 12.8 Å². The van der Waals surface area contributed by atoms with Crippen molar-refractivity contribution in [2.75, 3.05) is 41.7 Å². The van der Waals surface area contributed by atoms with Crippen LogP contribution in [-0.4, -0.2) is 261 Å². The normalized spacial score (nSPS) is 51.4. The summed E-state index contributed by atoms with van der Waals surface area (Å²) in [5.74, 6) is -2.76. The fourth-order valence-electron chi connectivity index (χ4n) is 18.9. The highest BCUT2D eigenvalue weighted by molar-refractivity contribution is 5.89. The van der Waals surface area contributed by atoms with Crippen molar-refractivity contribution >= 4 is 11.9 Å². The van der Waals surface area contributed by atoms with Crippen molar-refractivity contribution in [3.05, 3.63) is 35.9 Å². The highest BCUT2D eigenvalue weighted by atomic mass is 16.9. The molecule has 33 atom stereocenters. The molecule has 6 N–H and O–H groups in total. The zero-order valence-corrected chi connectivity index (χ0v) is 55.4. The molecule has 93 heavy (non-hydrogen) atoms. The van der Waals surface area contributed by atoms with Gasteiger partial charge in [0.05, 0.1) is 78.6 Å². The van der Waals surface area contributed by atoms with Crippen molar-refractivity contribution in [2.45, 2.75) is 302 Å². The van der Waals surface area contributed by atoms with Crippen LogP contribution in [0.5, 0.6) is 0 Å². The van der Waals surface area contributed by atoms with Crippen LogP contribution in [0.3, 0.4) is 0 Å². The molecule has 1 spiro atoms. The fourth-order valence-corrected chi connectivity index (χ4v) is 18.9. The lowest BCUT2D eigenvalue weighted by molar-refractivity contribution is -0.571. The Hall–Kier alpha value is -2.76. The van der Waals surface area contributed by atoms with Crippen LogP contribution in [0.15, 0.2) is 30.3 Å². The molecule has 1 aromatic carbocycles. The van der Waals surface area contributed by atoms with E-state index < -0.39 is 200 Å². The summed E-state index contributed by atoms with van der Waals surface area (Å²) in [4.78, 5) is 27.0. The van der Waals surface area contributed by atoms with Crippen LogP contribution in [0.1, 0.15) is 136 Å². The first-order chi connectivity index (χ1) is 44.2. The molecule has 27 heteroatoms. The number of carbonyl (C=O) groups is 2. The summed E-state index contributed by atoms with van der Waals surface area (Å²) in [5, 5.41) is 66.4. The minimum Gasteiger partial charge on any atom is -0.462 e. The van der Waals surface area contributed by atoms with Crippen LogP contribution >= 0.6 is 0 Å². The number of ether oxygens (including phenoxy) is 19. The van der Waals surface area contributed by atoms with Gasteiger partial charge >= 0.3 is 11.9 Å². The Kier molecular flexibility index (Phi) is 20.4. The molecule has 12 aliphatic rings. The third kappa shape index (κ3) is 12.0. The average Bonchev–Trinajstić information content (AvgIpc) is 1.54. The zero-order chi connectivity index (χ0) is 66.5. The van der Waals surface area contributed by atoms with Crippen LogP contribution in [-0.2, 0) is 94.8 Å². The molecule has 1 aromatic rings. The van der Waals surface area contributed by atoms with Gasteiger partial charge in [0.1, 0.15) is 84.4 Å². The Bertz CT molecular complexity index is 2730. The highest BCUT2D eigenvalue weighted by Crippen LogP contribution is 2.78. The minimum absolute atomic E-state index is 0.0741. The van der Waals surface area contributed by atoms with Crippen LogP contribution in [0, 0.1) is 22.7 Å². The van der Waals surface area contributed by atoms with Gasteiger partial charge in [0.15, 0.2) is 31.5 Å². The summed E-state index contributed by atoms with van der Waals surface area (Å²) in [6, 6.07) is 8.79. The van der Waals surface area contributed by atoms with Gasteiger partial charge in [-0.2, -0.15) is 0 Å². The number of hydrogen-bond donors (Lipinski definition) is 6. The second-order valence-electron chi connectivity index (χ2n) is 28.4. The largest absolute Gasteiger partial charge is 0.462 e. The Morgan fingerprint density at radius 3 is 1.76 bits per heavy atom. The lowest BCUT2D eigenvalue weighted by Crippen LogP contribution is -2.88. The van der Waals surface area contributed by atoms with Crippen molar-refractivity contribution < 1.29 is 130 Å². The summed E-state index contributed by atoms with van der Waals surface area (Å²) in [6.45, 7) is 13.9. The van der Waals surface area contributed by atoms with E-state index in [1.54, 1.807) is 66.4 Å². The minimum atomic E-state index is -1.68. The molecule has 13 rings (SSSR count). The van der Waals surface area contributed by atoms with Gasteiger partial charge in [-0.15, -0.1) is 0 Å². The molecule has 12 fully saturated rings.